The molecule has 1 saturated heterocycles. The molecule has 0 aromatic heterocycles. The van der Waals surface area contributed by atoms with Crippen molar-refractivity contribution in [2.24, 2.45) is 5.73 Å². The lowest BCUT2D eigenvalue weighted by Gasteiger charge is -2.25. The van der Waals surface area contributed by atoms with E-state index in [0.29, 0.717) is 6.54 Å². The van der Waals surface area contributed by atoms with Crippen molar-refractivity contribution in [2.75, 3.05) is 13.1 Å². The van der Waals surface area contributed by atoms with Crippen molar-refractivity contribution >= 4 is 11.9 Å². The van der Waals surface area contributed by atoms with Crippen molar-refractivity contribution in [1.29, 1.82) is 0 Å². The summed E-state index contributed by atoms with van der Waals surface area (Å²) in [6.07, 6.45) is 1.60. The molecule has 2 rings (SSSR count). The van der Waals surface area contributed by atoms with E-state index in [4.69, 9.17) is 5.73 Å². The van der Waals surface area contributed by atoms with Gasteiger partial charge in [0.2, 0.25) is 5.91 Å². The largest absolute Gasteiger partial charge is 0.481 e. The van der Waals surface area contributed by atoms with Gasteiger partial charge in [0.15, 0.2) is 0 Å². The van der Waals surface area contributed by atoms with Crippen molar-refractivity contribution in [3.05, 3.63) is 35.9 Å². The molecule has 3 N–H and O–H groups in total. The highest BCUT2D eigenvalue weighted by molar-refractivity contribution is 5.80. The van der Waals surface area contributed by atoms with E-state index < -0.39 is 11.9 Å². The van der Waals surface area contributed by atoms with Crippen LogP contribution < -0.4 is 5.73 Å². The average Bonchev–Trinajstić information content (AvgIpc) is 2.85. The van der Waals surface area contributed by atoms with Crippen LogP contribution in [0.5, 0.6) is 0 Å². The molecule has 1 fully saturated rings. The Kier molecular flexibility index (Phi) is 4.16. The molecule has 1 aromatic carbocycles. The molecule has 1 aliphatic rings. The highest BCUT2D eigenvalue weighted by atomic mass is 16.4. The number of primary amides is 1. The third kappa shape index (κ3) is 3.12. The summed E-state index contributed by atoms with van der Waals surface area (Å²) >= 11 is 0. The van der Waals surface area contributed by atoms with Gasteiger partial charge < -0.3 is 10.8 Å². The number of benzene rings is 1. The second-order valence-corrected chi connectivity index (χ2v) is 4.86. The minimum atomic E-state index is -0.874. The molecule has 5 nitrogen and oxygen atoms in total. The minimum Gasteiger partial charge on any atom is -0.481 e. The summed E-state index contributed by atoms with van der Waals surface area (Å²) in [5.74, 6) is -1.86. The van der Waals surface area contributed by atoms with Gasteiger partial charge in [-0.1, -0.05) is 30.3 Å². The second-order valence-electron chi connectivity index (χ2n) is 4.86. The van der Waals surface area contributed by atoms with Crippen molar-refractivity contribution < 1.29 is 14.7 Å². The van der Waals surface area contributed by atoms with E-state index in [9.17, 15) is 14.7 Å². The molecule has 1 heterocycles. The maximum absolute atomic E-state index is 11.4. The molecule has 0 radical (unpaired) electrons. The number of hydrogen-bond acceptors (Lipinski definition) is 3. The van der Waals surface area contributed by atoms with Gasteiger partial charge in [-0.15, -0.1) is 0 Å². The van der Waals surface area contributed by atoms with Gasteiger partial charge in [-0.25, -0.2) is 0 Å². The van der Waals surface area contributed by atoms with Crippen molar-refractivity contribution in [2.45, 2.75) is 24.8 Å². The first-order valence-corrected chi connectivity index (χ1v) is 6.40. The third-order valence-electron chi connectivity index (χ3n) is 3.61. The molecule has 0 spiro atoms. The van der Waals surface area contributed by atoms with Crippen LogP contribution in [0.25, 0.3) is 0 Å². The summed E-state index contributed by atoms with van der Waals surface area (Å²) in [5, 5.41) is 9.37. The summed E-state index contributed by atoms with van der Waals surface area (Å²) in [4.78, 5) is 24.6. The van der Waals surface area contributed by atoms with Gasteiger partial charge in [0.1, 0.15) is 0 Å². The van der Waals surface area contributed by atoms with Gasteiger partial charge in [0.25, 0.3) is 0 Å². The van der Waals surface area contributed by atoms with E-state index in [0.717, 1.165) is 24.9 Å². The Hall–Kier alpha value is -1.88. The summed E-state index contributed by atoms with van der Waals surface area (Å²) in [6, 6.07) is 8.76. The molecule has 102 valence electrons. The molecule has 5 heteroatoms. The molecule has 0 aliphatic carbocycles. The highest BCUT2D eigenvalue weighted by Gasteiger charge is 2.33. The monoisotopic (exact) mass is 262 g/mol. The zero-order valence-corrected chi connectivity index (χ0v) is 10.7. The lowest BCUT2D eigenvalue weighted by atomic mass is 9.98. The van der Waals surface area contributed by atoms with Crippen LogP contribution in [0, 0.1) is 0 Å². The van der Waals surface area contributed by atoms with Gasteiger partial charge in [0, 0.05) is 6.54 Å². The van der Waals surface area contributed by atoms with Gasteiger partial charge in [-0.05, 0) is 24.9 Å². The first-order valence-electron chi connectivity index (χ1n) is 6.40. The Labute approximate surface area is 112 Å². The maximum Gasteiger partial charge on any atom is 0.312 e. The number of nitrogens with zero attached hydrogens (tertiary/aromatic N) is 1. The zero-order chi connectivity index (χ0) is 13.8. The van der Waals surface area contributed by atoms with Crippen LogP contribution in [0.15, 0.2) is 30.3 Å². The highest BCUT2D eigenvalue weighted by Crippen LogP contribution is 2.23. The van der Waals surface area contributed by atoms with Gasteiger partial charge >= 0.3 is 5.97 Å². The third-order valence-corrected chi connectivity index (χ3v) is 3.61. The normalized spacial score (nSPS) is 21.2. The smallest absolute Gasteiger partial charge is 0.312 e. The summed E-state index contributed by atoms with van der Waals surface area (Å²) < 4.78 is 0. The van der Waals surface area contributed by atoms with E-state index in [2.05, 4.69) is 0 Å². The summed E-state index contributed by atoms with van der Waals surface area (Å²) in [5.41, 5.74) is 6.11. The van der Waals surface area contributed by atoms with Gasteiger partial charge in [0.05, 0.1) is 12.0 Å². The van der Waals surface area contributed by atoms with Crippen molar-refractivity contribution in [3.63, 3.8) is 0 Å². The van der Waals surface area contributed by atoms with Crippen LogP contribution >= 0.6 is 0 Å². The molecule has 19 heavy (non-hydrogen) atoms. The van der Waals surface area contributed by atoms with Crippen molar-refractivity contribution in [1.82, 2.24) is 4.90 Å². The molecule has 2 unspecified atom stereocenters. The molecular weight excluding hydrogens is 244 g/mol. The predicted octanol–water partition coefficient (Wildman–Crippen LogP) is 0.805. The number of carboxylic acid groups (broad SMARTS) is 1. The minimum absolute atomic E-state index is 0.326. The lowest BCUT2D eigenvalue weighted by Crippen LogP contribution is -2.43. The zero-order valence-electron chi connectivity index (χ0n) is 10.7. The number of likely N-dealkylation sites (tertiary alicyclic amines) is 1. The molecule has 1 aliphatic heterocycles. The quantitative estimate of drug-likeness (QED) is 0.822. The number of carbonyl (C=O) groups is 2. The van der Waals surface area contributed by atoms with E-state index in [1.165, 1.54) is 0 Å². The fourth-order valence-electron chi connectivity index (χ4n) is 2.61. The fourth-order valence-corrected chi connectivity index (χ4v) is 2.61. The number of aliphatic carboxylic acids is 1. The van der Waals surface area contributed by atoms with Crippen LogP contribution in [-0.4, -0.2) is 41.0 Å². The van der Waals surface area contributed by atoms with E-state index in [1.54, 1.807) is 12.1 Å². The summed E-state index contributed by atoms with van der Waals surface area (Å²) in [6.45, 7) is 1.05. The SMILES string of the molecule is NC(=O)C1CCCN1CC(C(=O)O)c1ccccc1. The Balaban J connectivity index is 2.14. The summed E-state index contributed by atoms with van der Waals surface area (Å²) in [7, 11) is 0. The van der Waals surface area contributed by atoms with Crippen molar-refractivity contribution in [3.8, 4) is 0 Å². The Bertz CT molecular complexity index is 461. The number of nitrogens with two attached hydrogens (primary N) is 1. The van der Waals surface area contributed by atoms with Crippen LogP contribution in [-0.2, 0) is 9.59 Å². The average molecular weight is 262 g/mol. The number of rotatable bonds is 5. The number of carbonyl (C=O) groups excluding carboxylic acids is 1. The van der Waals surface area contributed by atoms with Crippen LogP contribution in [0.1, 0.15) is 24.3 Å². The Morgan fingerprint density at radius 1 is 1.37 bits per heavy atom. The molecule has 1 aromatic rings. The molecule has 0 bridgehead atoms. The number of amides is 1. The van der Waals surface area contributed by atoms with Crippen LogP contribution in [0.2, 0.25) is 0 Å². The molecular formula is C14H18N2O3. The first kappa shape index (κ1) is 13.5. The Morgan fingerprint density at radius 3 is 2.63 bits per heavy atom. The van der Waals surface area contributed by atoms with E-state index in [-0.39, 0.29) is 11.9 Å². The predicted molar refractivity (Wildman–Crippen MR) is 70.6 cm³/mol. The topological polar surface area (TPSA) is 83.6 Å². The van der Waals surface area contributed by atoms with E-state index >= 15 is 0 Å². The molecule has 1 amide bonds. The maximum atomic E-state index is 11.4. The van der Waals surface area contributed by atoms with Crippen LogP contribution in [0.4, 0.5) is 0 Å². The first-order chi connectivity index (χ1) is 9.09. The second kappa shape index (κ2) is 5.84. The van der Waals surface area contributed by atoms with Gasteiger partial charge in [-0.3, -0.25) is 14.5 Å². The number of carboxylic acids is 1. The van der Waals surface area contributed by atoms with Gasteiger partial charge in [-0.2, -0.15) is 0 Å². The standard InChI is InChI=1S/C14H18N2O3/c15-13(17)12-7-4-8-16(12)9-11(14(18)19)10-5-2-1-3-6-10/h1-3,5-6,11-12H,4,7-9H2,(H2,15,17)(H,18,19). The molecule has 2 atom stereocenters. The number of hydrogen-bond donors (Lipinski definition) is 2. The lowest BCUT2D eigenvalue weighted by molar-refractivity contribution is -0.139. The Morgan fingerprint density at radius 2 is 2.05 bits per heavy atom. The van der Waals surface area contributed by atoms with Crippen LogP contribution in [0.3, 0.4) is 0 Å². The molecule has 0 saturated carbocycles. The van der Waals surface area contributed by atoms with E-state index in [1.807, 2.05) is 23.1 Å². The fraction of sp³-hybridized carbons (Fsp3) is 0.429.